The highest BCUT2D eigenvalue weighted by atomic mass is 16.4. The number of hydrogen-bond donors (Lipinski definition) is 3. The number of piperazine rings is 1. The Labute approximate surface area is 106 Å². The second-order valence-corrected chi connectivity index (χ2v) is 4.64. The first-order valence-electron chi connectivity index (χ1n) is 6.09. The van der Waals surface area contributed by atoms with Crippen LogP contribution in [-0.2, 0) is 4.79 Å². The number of carboxylic acids is 1. The number of amides is 2. The molecule has 1 aliphatic rings. The zero-order valence-corrected chi connectivity index (χ0v) is 10.8. The lowest BCUT2D eigenvalue weighted by Crippen LogP contribution is -2.56. The van der Waals surface area contributed by atoms with Crippen LogP contribution in [0.1, 0.15) is 13.8 Å². The van der Waals surface area contributed by atoms with E-state index in [-0.39, 0.29) is 0 Å². The summed E-state index contributed by atoms with van der Waals surface area (Å²) in [6.45, 7) is 6.30. The molecular formula is C11H21N3O4. The summed E-state index contributed by atoms with van der Waals surface area (Å²) in [5.74, 6) is -1.23. The molecular weight excluding hydrogens is 238 g/mol. The minimum atomic E-state index is -1.24. The van der Waals surface area contributed by atoms with Gasteiger partial charge in [-0.1, -0.05) is 0 Å². The summed E-state index contributed by atoms with van der Waals surface area (Å²) in [6.07, 6.45) is 0. The summed E-state index contributed by atoms with van der Waals surface area (Å²) in [5, 5.41) is 19.9. The normalized spacial score (nSPS) is 18.8. The van der Waals surface area contributed by atoms with Crippen LogP contribution in [0.4, 0.5) is 4.79 Å². The summed E-state index contributed by atoms with van der Waals surface area (Å²) in [5.41, 5.74) is 0. The molecule has 0 radical (unpaired) electrons. The highest BCUT2D eigenvalue weighted by Crippen LogP contribution is 2.06. The highest BCUT2D eigenvalue weighted by Gasteiger charge is 2.25. The Balaban J connectivity index is 2.42. The van der Waals surface area contributed by atoms with Gasteiger partial charge < -0.3 is 20.4 Å². The van der Waals surface area contributed by atoms with Crippen LogP contribution >= 0.6 is 0 Å². The highest BCUT2D eigenvalue weighted by molar-refractivity contribution is 5.82. The maximum absolute atomic E-state index is 11.8. The average Bonchev–Trinajstić information content (AvgIpc) is 2.35. The van der Waals surface area contributed by atoms with Crippen molar-refractivity contribution in [1.82, 2.24) is 15.1 Å². The molecule has 18 heavy (non-hydrogen) atoms. The molecule has 3 N–H and O–H groups in total. The standard InChI is InChI=1S/C11H21N3O4/c1-8(2)13-3-5-14(6-4-13)11(18)12-9(7-15)10(16)17/h8-9,15H,3-7H2,1-2H3,(H,12,18)(H,16,17). The van der Waals surface area contributed by atoms with Gasteiger partial charge in [0, 0.05) is 32.2 Å². The summed E-state index contributed by atoms with van der Waals surface area (Å²) in [4.78, 5) is 26.3. The van der Waals surface area contributed by atoms with Crippen LogP contribution in [0, 0.1) is 0 Å². The fourth-order valence-corrected chi connectivity index (χ4v) is 1.87. The molecule has 0 aromatic heterocycles. The van der Waals surface area contributed by atoms with Gasteiger partial charge in [0.1, 0.15) is 0 Å². The van der Waals surface area contributed by atoms with Crippen LogP contribution in [0.5, 0.6) is 0 Å². The Kier molecular flexibility index (Phi) is 5.36. The summed E-state index contributed by atoms with van der Waals surface area (Å²) >= 11 is 0. The largest absolute Gasteiger partial charge is 0.480 e. The number of hydrogen-bond acceptors (Lipinski definition) is 4. The number of aliphatic hydroxyl groups is 1. The Bertz CT molecular complexity index is 301. The fraction of sp³-hybridized carbons (Fsp3) is 0.818. The zero-order valence-electron chi connectivity index (χ0n) is 10.8. The van der Waals surface area contributed by atoms with E-state index in [1.54, 1.807) is 4.90 Å². The van der Waals surface area contributed by atoms with E-state index in [4.69, 9.17) is 10.2 Å². The topological polar surface area (TPSA) is 93.1 Å². The van der Waals surface area contributed by atoms with E-state index in [2.05, 4.69) is 24.1 Å². The molecule has 1 rings (SSSR count). The van der Waals surface area contributed by atoms with Crippen molar-refractivity contribution in [3.8, 4) is 0 Å². The number of carboxylic acid groups (broad SMARTS) is 1. The molecule has 1 fully saturated rings. The predicted molar refractivity (Wildman–Crippen MR) is 65.3 cm³/mol. The van der Waals surface area contributed by atoms with E-state index in [0.717, 1.165) is 13.1 Å². The van der Waals surface area contributed by atoms with Crippen LogP contribution < -0.4 is 5.32 Å². The molecule has 1 saturated heterocycles. The molecule has 0 aliphatic carbocycles. The number of carbonyl (C=O) groups excluding carboxylic acids is 1. The van der Waals surface area contributed by atoms with Crippen LogP contribution in [0.15, 0.2) is 0 Å². The van der Waals surface area contributed by atoms with Crippen molar-refractivity contribution in [2.45, 2.75) is 25.9 Å². The molecule has 1 atom stereocenters. The van der Waals surface area contributed by atoms with Gasteiger partial charge in [0.05, 0.1) is 6.61 Å². The zero-order chi connectivity index (χ0) is 13.7. The van der Waals surface area contributed by atoms with Gasteiger partial charge >= 0.3 is 12.0 Å². The maximum Gasteiger partial charge on any atom is 0.328 e. The third kappa shape index (κ3) is 3.85. The van der Waals surface area contributed by atoms with Gasteiger partial charge in [0.25, 0.3) is 0 Å². The summed E-state index contributed by atoms with van der Waals surface area (Å²) in [7, 11) is 0. The van der Waals surface area contributed by atoms with Crippen LogP contribution in [0.25, 0.3) is 0 Å². The van der Waals surface area contributed by atoms with Crippen LogP contribution in [0.2, 0.25) is 0 Å². The number of aliphatic hydroxyl groups excluding tert-OH is 1. The van der Waals surface area contributed by atoms with Crippen molar-refractivity contribution < 1.29 is 19.8 Å². The van der Waals surface area contributed by atoms with Gasteiger partial charge in [-0.05, 0) is 13.8 Å². The van der Waals surface area contributed by atoms with E-state index in [9.17, 15) is 9.59 Å². The minimum Gasteiger partial charge on any atom is -0.480 e. The molecule has 7 heteroatoms. The number of rotatable bonds is 4. The Morgan fingerprint density at radius 3 is 2.17 bits per heavy atom. The van der Waals surface area contributed by atoms with E-state index in [1.807, 2.05) is 0 Å². The van der Waals surface area contributed by atoms with Gasteiger partial charge in [-0.15, -0.1) is 0 Å². The molecule has 1 heterocycles. The first kappa shape index (κ1) is 14.7. The van der Waals surface area contributed by atoms with Crippen molar-refractivity contribution in [2.24, 2.45) is 0 Å². The molecule has 0 aromatic rings. The van der Waals surface area contributed by atoms with Crippen LogP contribution in [-0.4, -0.2) is 76.9 Å². The fourth-order valence-electron chi connectivity index (χ4n) is 1.87. The summed E-state index contributed by atoms with van der Waals surface area (Å²) in [6, 6.07) is -1.22. The molecule has 7 nitrogen and oxygen atoms in total. The van der Waals surface area contributed by atoms with Gasteiger partial charge in [0.2, 0.25) is 0 Å². The second kappa shape index (κ2) is 6.55. The van der Waals surface area contributed by atoms with E-state index < -0.39 is 24.6 Å². The number of aliphatic carboxylic acids is 1. The van der Waals surface area contributed by atoms with Crippen molar-refractivity contribution >= 4 is 12.0 Å². The maximum atomic E-state index is 11.8. The minimum absolute atomic E-state index is 0.431. The molecule has 104 valence electrons. The van der Waals surface area contributed by atoms with Gasteiger partial charge in [-0.25, -0.2) is 9.59 Å². The SMILES string of the molecule is CC(C)N1CCN(C(=O)NC(CO)C(=O)O)CC1. The molecule has 1 unspecified atom stereocenters. The van der Waals surface area contributed by atoms with E-state index in [1.165, 1.54) is 0 Å². The predicted octanol–water partition coefficient (Wildman–Crippen LogP) is -0.832. The number of nitrogens with one attached hydrogen (secondary N) is 1. The number of nitrogens with zero attached hydrogens (tertiary/aromatic N) is 2. The Morgan fingerprint density at radius 2 is 1.78 bits per heavy atom. The average molecular weight is 259 g/mol. The third-order valence-corrected chi connectivity index (χ3v) is 3.11. The molecule has 0 saturated carbocycles. The molecule has 0 aromatic carbocycles. The quantitative estimate of drug-likeness (QED) is 0.612. The summed E-state index contributed by atoms with van der Waals surface area (Å²) < 4.78 is 0. The molecule has 0 spiro atoms. The van der Waals surface area contributed by atoms with Gasteiger partial charge in [-0.3, -0.25) is 4.90 Å². The lowest BCUT2D eigenvalue weighted by atomic mass is 10.2. The smallest absolute Gasteiger partial charge is 0.328 e. The van der Waals surface area contributed by atoms with E-state index in [0.29, 0.717) is 19.1 Å². The lowest BCUT2D eigenvalue weighted by molar-refractivity contribution is -0.140. The lowest BCUT2D eigenvalue weighted by Gasteiger charge is -2.37. The number of urea groups is 1. The van der Waals surface area contributed by atoms with Gasteiger partial charge in [-0.2, -0.15) is 0 Å². The first-order chi connectivity index (χ1) is 8.45. The van der Waals surface area contributed by atoms with E-state index >= 15 is 0 Å². The first-order valence-corrected chi connectivity index (χ1v) is 6.09. The van der Waals surface area contributed by atoms with Crippen molar-refractivity contribution in [3.63, 3.8) is 0 Å². The monoisotopic (exact) mass is 259 g/mol. The van der Waals surface area contributed by atoms with Crippen molar-refractivity contribution in [3.05, 3.63) is 0 Å². The third-order valence-electron chi connectivity index (χ3n) is 3.11. The van der Waals surface area contributed by atoms with Crippen LogP contribution in [0.3, 0.4) is 0 Å². The Morgan fingerprint density at radius 1 is 1.22 bits per heavy atom. The molecule has 1 aliphatic heterocycles. The molecule has 0 bridgehead atoms. The van der Waals surface area contributed by atoms with Crippen molar-refractivity contribution in [1.29, 1.82) is 0 Å². The number of carbonyl (C=O) groups is 2. The second-order valence-electron chi connectivity index (χ2n) is 4.64. The Hall–Kier alpha value is -1.34. The molecule has 2 amide bonds. The van der Waals surface area contributed by atoms with Gasteiger partial charge in [0.15, 0.2) is 6.04 Å². The van der Waals surface area contributed by atoms with Crippen molar-refractivity contribution in [2.75, 3.05) is 32.8 Å².